The molecule has 0 spiro atoms. The average Bonchev–Trinajstić information content (AvgIpc) is 3.19. The highest BCUT2D eigenvalue weighted by Crippen LogP contribution is 2.12. The molecule has 0 bridgehead atoms. The van der Waals surface area contributed by atoms with E-state index in [1.54, 1.807) is 36.4 Å². The Labute approximate surface area is 154 Å². The van der Waals surface area contributed by atoms with Crippen molar-refractivity contribution in [2.75, 3.05) is 0 Å². The summed E-state index contributed by atoms with van der Waals surface area (Å²) in [7, 11) is 0. The minimum Gasteiger partial charge on any atom is -0.273 e. The van der Waals surface area contributed by atoms with Crippen LogP contribution >= 0.6 is 11.6 Å². The number of carbonyl (C=O) groups excluding carboxylic acids is 2. The fraction of sp³-hybridized carbons (Fsp3) is 0.118. The van der Waals surface area contributed by atoms with Gasteiger partial charge in [-0.1, -0.05) is 23.7 Å². The molecule has 0 saturated heterocycles. The lowest BCUT2D eigenvalue weighted by Gasteiger charge is -2.08. The highest BCUT2D eigenvalue weighted by Gasteiger charge is 2.08. The predicted octanol–water partition coefficient (Wildman–Crippen LogP) is 1.71. The second kappa shape index (κ2) is 8.21. The molecule has 9 heteroatoms. The zero-order chi connectivity index (χ0) is 18.4. The number of hydrogen-bond donors (Lipinski definition) is 2. The first-order valence-corrected chi connectivity index (χ1v) is 8.17. The molecular formula is C17H15ClN6O2. The van der Waals surface area contributed by atoms with Crippen LogP contribution in [-0.4, -0.2) is 32.0 Å². The minimum absolute atomic E-state index is 0.235. The summed E-state index contributed by atoms with van der Waals surface area (Å²) in [5.41, 5.74) is 6.86. The zero-order valence-electron chi connectivity index (χ0n) is 13.6. The number of benzene rings is 2. The number of hydrogen-bond acceptors (Lipinski definition) is 5. The number of amides is 2. The lowest BCUT2D eigenvalue weighted by Crippen LogP contribution is -2.41. The molecule has 0 aliphatic carbocycles. The van der Waals surface area contributed by atoms with Gasteiger partial charge in [0, 0.05) is 17.0 Å². The van der Waals surface area contributed by atoms with E-state index in [2.05, 4.69) is 26.4 Å². The van der Waals surface area contributed by atoms with Crippen molar-refractivity contribution in [2.45, 2.75) is 12.8 Å². The van der Waals surface area contributed by atoms with Crippen molar-refractivity contribution >= 4 is 23.4 Å². The van der Waals surface area contributed by atoms with Crippen LogP contribution in [0.3, 0.4) is 0 Å². The van der Waals surface area contributed by atoms with Gasteiger partial charge in [-0.05, 0) is 58.8 Å². The topological polar surface area (TPSA) is 102 Å². The highest BCUT2D eigenvalue weighted by molar-refractivity contribution is 6.30. The van der Waals surface area contributed by atoms with Crippen LogP contribution in [0.25, 0.3) is 5.69 Å². The molecule has 2 amide bonds. The number of carbonyl (C=O) groups is 2. The Balaban J connectivity index is 1.48. The molecule has 0 fully saturated rings. The fourth-order valence-corrected chi connectivity index (χ4v) is 2.47. The Hall–Kier alpha value is -3.26. The van der Waals surface area contributed by atoms with Gasteiger partial charge in [0.15, 0.2) is 0 Å². The van der Waals surface area contributed by atoms with Gasteiger partial charge < -0.3 is 0 Å². The summed E-state index contributed by atoms with van der Waals surface area (Å²) in [6.07, 6.45) is 2.22. The third kappa shape index (κ3) is 4.64. The molecule has 2 N–H and O–H groups in total. The number of hydrazine groups is 1. The Bertz CT molecular complexity index is 896. The smallest absolute Gasteiger partial charge is 0.269 e. The molecule has 3 aromatic rings. The van der Waals surface area contributed by atoms with Crippen LogP contribution in [-0.2, 0) is 11.2 Å². The van der Waals surface area contributed by atoms with E-state index >= 15 is 0 Å². The van der Waals surface area contributed by atoms with E-state index in [0.29, 0.717) is 17.0 Å². The van der Waals surface area contributed by atoms with Crippen molar-refractivity contribution in [1.82, 2.24) is 31.1 Å². The van der Waals surface area contributed by atoms with Crippen molar-refractivity contribution in [2.24, 2.45) is 0 Å². The maximum Gasteiger partial charge on any atom is 0.269 e. The summed E-state index contributed by atoms with van der Waals surface area (Å²) >= 11 is 5.90. The maximum absolute atomic E-state index is 12.1. The van der Waals surface area contributed by atoms with Gasteiger partial charge >= 0.3 is 0 Å². The molecule has 3 rings (SSSR count). The fourth-order valence-electron chi connectivity index (χ4n) is 2.26. The standard InChI is InChI=1S/C17H15ClN6O2/c18-14-3-1-2-12(10-14)4-9-16(25)20-21-17(26)13-5-7-15(8-6-13)24-11-19-22-23-24/h1-3,5-8,10-11H,4,9H2,(H,20,25)(H,21,26). The molecule has 8 nitrogen and oxygen atoms in total. The third-order valence-electron chi connectivity index (χ3n) is 3.59. The van der Waals surface area contributed by atoms with E-state index in [4.69, 9.17) is 11.6 Å². The van der Waals surface area contributed by atoms with Crippen LogP contribution in [0.4, 0.5) is 0 Å². The SMILES string of the molecule is O=C(CCc1cccc(Cl)c1)NNC(=O)c1ccc(-n2cnnn2)cc1. The second-order valence-electron chi connectivity index (χ2n) is 5.43. The zero-order valence-corrected chi connectivity index (χ0v) is 14.3. The number of nitrogens with one attached hydrogen (secondary N) is 2. The highest BCUT2D eigenvalue weighted by atomic mass is 35.5. The Morgan fingerprint density at radius 2 is 1.88 bits per heavy atom. The summed E-state index contributed by atoms with van der Waals surface area (Å²) in [5.74, 6) is -0.701. The van der Waals surface area contributed by atoms with Gasteiger partial charge in [0.2, 0.25) is 5.91 Å². The summed E-state index contributed by atoms with van der Waals surface area (Å²) < 4.78 is 1.47. The van der Waals surface area contributed by atoms with Crippen LogP contribution in [0, 0.1) is 0 Å². The van der Waals surface area contributed by atoms with Gasteiger partial charge in [-0.15, -0.1) is 5.10 Å². The Kier molecular flexibility index (Phi) is 5.55. The first-order valence-electron chi connectivity index (χ1n) is 7.79. The molecule has 0 saturated carbocycles. The van der Waals surface area contributed by atoms with Crippen LogP contribution in [0.1, 0.15) is 22.3 Å². The molecule has 0 atom stereocenters. The molecule has 0 aliphatic rings. The lowest BCUT2D eigenvalue weighted by atomic mass is 10.1. The first-order chi connectivity index (χ1) is 12.6. The number of aryl methyl sites for hydroxylation is 1. The van der Waals surface area contributed by atoms with Gasteiger partial charge in [-0.2, -0.15) is 0 Å². The monoisotopic (exact) mass is 370 g/mol. The van der Waals surface area contributed by atoms with Gasteiger partial charge in [0.1, 0.15) is 6.33 Å². The van der Waals surface area contributed by atoms with Gasteiger partial charge in [0.05, 0.1) is 5.69 Å². The van der Waals surface area contributed by atoms with E-state index in [0.717, 1.165) is 11.3 Å². The molecule has 0 unspecified atom stereocenters. The first kappa shape index (κ1) is 17.6. The molecule has 0 aliphatic heterocycles. The van der Waals surface area contributed by atoms with E-state index in [-0.39, 0.29) is 12.3 Å². The molecule has 132 valence electrons. The average molecular weight is 371 g/mol. The summed E-state index contributed by atoms with van der Waals surface area (Å²) in [5, 5.41) is 11.5. The van der Waals surface area contributed by atoms with Gasteiger partial charge in [0.25, 0.3) is 5.91 Å². The lowest BCUT2D eigenvalue weighted by molar-refractivity contribution is -0.121. The number of tetrazole rings is 1. The van der Waals surface area contributed by atoms with E-state index in [9.17, 15) is 9.59 Å². The Morgan fingerprint density at radius 1 is 1.08 bits per heavy atom. The second-order valence-corrected chi connectivity index (χ2v) is 5.87. The molecule has 26 heavy (non-hydrogen) atoms. The van der Waals surface area contributed by atoms with E-state index in [1.807, 2.05) is 12.1 Å². The number of rotatable bonds is 5. The van der Waals surface area contributed by atoms with E-state index in [1.165, 1.54) is 11.0 Å². The van der Waals surface area contributed by atoms with E-state index < -0.39 is 5.91 Å². The molecule has 2 aromatic carbocycles. The third-order valence-corrected chi connectivity index (χ3v) is 3.82. The minimum atomic E-state index is -0.413. The number of halogens is 1. The number of aromatic nitrogens is 4. The molecule has 1 heterocycles. The summed E-state index contributed by atoms with van der Waals surface area (Å²) in [6, 6.07) is 13.9. The predicted molar refractivity (Wildman–Crippen MR) is 94.5 cm³/mol. The van der Waals surface area contributed by atoms with Crippen molar-refractivity contribution < 1.29 is 9.59 Å². The number of nitrogens with zero attached hydrogens (tertiary/aromatic N) is 4. The van der Waals surface area contributed by atoms with Crippen molar-refractivity contribution in [3.8, 4) is 5.69 Å². The maximum atomic E-state index is 12.1. The summed E-state index contributed by atoms with van der Waals surface area (Å²) in [4.78, 5) is 23.9. The van der Waals surface area contributed by atoms with Crippen LogP contribution in [0.5, 0.6) is 0 Å². The molecule has 1 aromatic heterocycles. The Morgan fingerprint density at radius 3 is 2.58 bits per heavy atom. The normalized spacial score (nSPS) is 10.3. The molecular weight excluding hydrogens is 356 g/mol. The van der Waals surface area contributed by atoms with Crippen LogP contribution < -0.4 is 10.9 Å². The van der Waals surface area contributed by atoms with Gasteiger partial charge in [-0.25, -0.2) is 4.68 Å². The van der Waals surface area contributed by atoms with Crippen LogP contribution in [0.2, 0.25) is 5.02 Å². The molecule has 0 radical (unpaired) electrons. The van der Waals surface area contributed by atoms with Crippen LogP contribution in [0.15, 0.2) is 54.9 Å². The quantitative estimate of drug-likeness (QED) is 0.666. The van der Waals surface area contributed by atoms with Gasteiger partial charge in [-0.3, -0.25) is 20.4 Å². The largest absolute Gasteiger partial charge is 0.273 e. The van der Waals surface area contributed by atoms with Crippen molar-refractivity contribution in [3.63, 3.8) is 0 Å². The van der Waals surface area contributed by atoms with Crippen molar-refractivity contribution in [3.05, 3.63) is 71.0 Å². The van der Waals surface area contributed by atoms with Crippen molar-refractivity contribution in [1.29, 1.82) is 0 Å². The summed E-state index contributed by atoms with van der Waals surface area (Å²) in [6.45, 7) is 0.